The SMILES string of the molecule is CNC(Cc1ccccc1)[C@@H](O)CN(Cc1ccc(F)cc1)NC. The number of hydrazine groups is 1. The highest BCUT2D eigenvalue weighted by atomic mass is 19.1. The molecule has 0 radical (unpaired) electrons. The molecule has 1 unspecified atom stereocenters. The molecule has 0 aromatic heterocycles. The molecular formula is C19H26FN3O. The Balaban J connectivity index is 1.93. The highest BCUT2D eigenvalue weighted by Gasteiger charge is 2.20. The normalized spacial score (nSPS) is 13.9. The van der Waals surface area contributed by atoms with Crippen LogP contribution < -0.4 is 10.7 Å². The van der Waals surface area contributed by atoms with Gasteiger partial charge in [0.05, 0.1) is 6.10 Å². The molecule has 2 aromatic carbocycles. The number of benzene rings is 2. The first-order valence-corrected chi connectivity index (χ1v) is 8.18. The lowest BCUT2D eigenvalue weighted by Crippen LogP contribution is -2.49. The largest absolute Gasteiger partial charge is 0.390 e. The molecule has 0 aliphatic carbocycles. The van der Waals surface area contributed by atoms with E-state index in [1.54, 1.807) is 12.1 Å². The number of hydrogen-bond donors (Lipinski definition) is 3. The molecule has 2 rings (SSSR count). The fourth-order valence-electron chi connectivity index (χ4n) is 2.70. The van der Waals surface area contributed by atoms with Gasteiger partial charge < -0.3 is 10.4 Å². The predicted molar refractivity (Wildman–Crippen MR) is 94.9 cm³/mol. The molecule has 5 heteroatoms. The van der Waals surface area contributed by atoms with Crippen molar-refractivity contribution in [2.75, 3.05) is 20.6 Å². The Morgan fingerprint density at radius 1 is 1.00 bits per heavy atom. The lowest BCUT2D eigenvalue weighted by atomic mass is 10.0. The van der Waals surface area contributed by atoms with Gasteiger partial charge in [-0.25, -0.2) is 9.40 Å². The van der Waals surface area contributed by atoms with Crippen molar-refractivity contribution < 1.29 is 9.50 Å². The van der Waals surface area contributed by atoms with E-state index in [4.69, 9.17) is 0 Å². The van der Waals surface area contributed by atoms with Crippen LogP contribution in [0.5, 0.6) is 0 Å². The van der Waals surface area contributed by atoms with E-state index in [0.29, 0.717) is 13.1 Å². The van der Waals surface area contributed by atoms with Crippen LogP contribution in [0.4, 0.5) is 4.39 Å². The van der Waals surface area contributed by atoms with Crippen molar-refractivity contribution >= 4 is 0 Å². The molecule has 130 valence electrons. The van der Waals surface area contributed by atoms with Gasteiger partial charge in [-0.1, -0.05) is 42.5 Å². The van der Waals surface area contributed by atoms with E-state index >= 15 is 0 Å². The van der Waals surface area contributed by atoms with E-state index in [2.05, 4.69) is 22.9 Å². The molecule has 0 saturated carbocycles. The first-order chi connectivity index (χ1) is 11.6. The second-order valence-electron chi connectivity index (χ2n) is 5.88. The average molecular weight is 331 g/mol. The summed E-state index contributed by atoms with van der Waals surface area (Å²) in [6, 6.07) is 16.5. The Morgan fingerprint density at radius 2 is 1.67 bits per heavy atom. The molecule has 0 spiro atoms. The number of aliphatic hydroxyl groups excluding tert-OH is 1. The first kappa shape index (κ1) is 18.5. The van der Waals surface area contributed by atoms with Crippen LogP contribution >= 0.6 is 0 Å². The maximum Gasteiger partial charge on any atom is 0.123 e. The maximum absolute atomic E-state index is 13.0. The monoisotopic (exact) mass is 331 g/mol. The number of rotatable bonds is 9. The summed E-state index contributed by atoms with van der Waals surface area (Å²) in [4.78, 5) is 0. The summed E-state index contributed by atoms with van der Waals surface area (Å²) in [5, 5.41) is 15.7. The molecule has 0 aliphatic rings. The van der Waals surface area contributed by atoms with E-state index in [9.17, 15) is 9.50 Å². The molecule has 3 N–H and O–H groups in total. The van der Waals surface area contributed by atoms with Crippen molar-refractivity contribution in [3.63, 3.8) is 0 Å². The zero-order valence-corrected chi connectivity index (χ0v) is 14.2. The minimum Gasteiger partial charge on any atom is -0.390 e. The van der Waals surface area contributed by atoms with Crippen LogP contribution in [0.25, 0.3) is 0 Å². The number of aliphatic hydroxyl groups is 1. The summed E-state index contributed by atoms with van der Waals surface area (Å²) in [5.41, 5.74) is 5.26. The highest BCUT2D eigenvalue weighted by molar-refractivity contribution is 5.17. The summed E-state index contributed by atoms with van der Waals surface area (Å²) in [6.45, 7) is 1.06. The van der Waals surface area contributed by atoms with E-state index in [-0.39, 0.29) is 11.9 Å². The first-order valence-electron chi connectivity index (χ1n) is 8.18. The van der Waals surface area contributed by atoms with Crippen molar-refractivity contribution in [2.45, 2.75) is 25.1 Å². The van der Waals surface area contributed by atoms with Crippen molar-refractivity contribution in [3.8, 4) is 0 Å². The molecular weight excluding hydrogens is 305 g/mol. The van der Waals surface area contributed by atoms with Gasteiger partial charge >= 0.3 is 0 Å². The zero-order chi connectivity index (χ0) is 17.4. The molecule has 4 nitrogen and oxygen atoms in total. The van der Waals surface area contributed by atoms with Crippen LogP contribution in [-0.4, -0.2) is 42.9 Å². The Kier molecular flexibility index (Phi) is 7.34. The molecule has 0 fully saturated rings. The van der Waals surface area contributed by atoms with Crippen molar-refractivity contribution in [1.82, 2.24) is 15.8 Å². The number of halogens is 1. The van der Waals surface area contributed by atoms with Gasteiger partial charge in [-0.2, -0.15) is 0 Å². The highest BCUT2D eigenvalue weighted by Crippen LogP contribution is 2.09. The van der Waals surface area contributed by atoms with E-state index in [0.717, 1.165) is 12.0 Å². The minimum absolute atomic E-state index is 0.0449. The van der Waals surface area contributed by atoms with Crippen LogP contribution in [0.1, 0.15) is 11.1 Å². The van der Waals surface area contributed by atoms with Crippen molar-refractivity contribution in [2.24, 2.45) is 0 Å². The van der Waals surface area contributed by atoms with E-state index < -0.39 is 6.10 Å². The smallest absolute Gasteiger partial charge is 0.123 e. The summed E-state index contributed by atoms with van der Waals surface area (Å²) < 4.78 is 13.0. The standard InChI is InChI=1S/C19H26FN3O/c1-21-18(12-15-6-4-3-5-7-15)19(24)14-23(22-2)13-16-8-10-17(20)11-9-16/h3-11,18-19,21-22,24H,12-14H2,1-2H3/t18?,19-/m0/s1. The Labute approximate surface area is 143 Å². The van der Waals surface area contributed by atoms with Crippen LogP contribution in [0, 0.1) is 5.82 Å². The second-order valence-corrected chi connectivity index (χ2v) is 5.88. The molecule has 2 aromatic rings. The van der Waals surface area contributed by atoms with Crippen LogP contribution in [0.3, 0.4) is 0 Å². The van der Waals surface area contributed by atoms with Gasteiger partial charge in [-0.05, 0) is 43.8 Å². The molecule has 24 heavy (non-hydrogen) atoms. The molecule has 0 heterocycles. The van der Waals surface area contributed by atoms with Crippen molar-refractivity contribution in [1.29, 1.82) is 0 Å². The summed E-state index contributed by atoms with van der Waals surface area (Å²) in [5.74, 6) is -0.243. The fourth-order valence-corrected chi connectivity index (χ4v) is 2.70. The van der Waals surface area contributed by atoms with Crippen LogP contribution in [0.15, 0.2) is 54.6 Å². The second kappa shape index (κ2) is 9.49. The third kappa shape index (κ3) is 5.69. The van der Waals surface area contributed by atoms with Gasteiger partial charge in [0.15, 0.2) is 0 Å². The Hall–Kier alpha value is -1.79. The summed E-state index contributed by atoms with van der Waals surface area (Å²) >= 11 is 0. The quantitative estimate of drug-likeness (QED) is 0.615. The van der Waals surface area contributed by atoms with Gasteiger partial charge in [0.2, 0.25) is 0 Å². The number of likely N-dealkylation sites (N-methyl/N-ethyl adjacent to an activating group) is 1. The molecule has 0 amide bonds. The van der Waals surface area contributed by atoms with Gasteiger partial charge in [-0.15, -0.1) is 0 Å². The van der Waals surface area contributed by atoms with Crippen LogP contribution in [0.2, 0.25) is 0 Å². The van der Waals surface area contributed by atoms with Gasteiger partial charge in [-0.3, -0.25) is 5.43 Å². The van der Waals surface area contributed by atoms with Crippen molar-refractivity contribution in [3.05, 3.63) is 71.5 Å². The summed E-state index contributed by atoms with van der Waals surface area (Å²) in [7, 11) is 3.68. The summed E-state index contributed by atoms with van der Waals surface area (Å²) in [6.07, 6.45) is 0.218. The van der Waals surface area contributed by atoms with E-state index in [1.165, 1.54) is 17.7 Å². The molecule has 0 saturated heterocycles. The van der Waals surface area contributed by atoms with E-state index in [1.807, 2.05) is 37.3 Å². The number of hydrogen-bond acceptors (Lipinski definition) is 4. The zero-order valence-electron chi connectivity index (χ0n) is 14.2. The number of nitrogens with zero attached hydrogens (tertiary/aromatic N) is 1. The molecule has 0 aliphatic heterocycles. The predicted octanol–water partition coefficient (Wildman–Crippen LogP) is 1.95. The molecule has 0 bridgehead atoms. The Bertz CT molecular complexity index is 591. The average Bonchev–Trinajstić information content (AvgIpc) is 2.61. The van der Waals surface area contributed by atoms with Crippen LogP contribution in [-0.2, 0) is 13.0 Å². The lowest BCUT2D eigenvalue weighted by Gasteiger charge is -2.29. The number of nitrogens with one attached hydrogen (secondary N) is 2. The lowest BCUT2D eigenvalue weighted by molar-refractivity contribution is 0.0586. The molecule has 2 atom stereocenters. The van der Waals surface area contributed by atoms with Gasteiger partial charge in [0.1, 0.15) is 5.82 Å². The maximum atomic E-state index is 13.0. The third-order valence-electron chi connectivity index (χ3n) is 4.14. The fraction of sp³-hybridized carbons (Fsp3) is 0.368. The Morgan fingerprint density at radius 3 is 2.25 bits per heavy atom. The third-order valence-corrected chi connectivity index (χ3v) is 4.14. The van der Waals surface area contributed by atoms with Gasteiger partial charge in [0.25, 0.3) is 0 Å². The topological polar surface area (TPSA) is 47.5 Å². The van der Waals surface area contributed by atoms with Gasteiger partial charge in [0, 0.05) is 19.1 Å². The minimum atomic E-state index is -0.539.